The highest BCUT2D eigenvalue weighted by molar-refractivity contribution is 9.10. The summed E-state index contributed by atoms with van der Waals surface area (Å²) >= 11 is 4.96. The third-order valence-electron chi connectivity index (χ3n) is 2.29. The third kappa shape index (κ3) is 2.85. The smallest absolute Gasteiger partial charge is 0.304 e. The molecule has 2 rings (SSSR count). The fourth-order valence-electron chi connectivity index (χ4n) is 1.40. The second kappa shape index (κ2) is 5.45. The Hall–Kier alpha value is -1.47. The monoisotopic (exact) mass is 330 g/mol. The predicted molar refractivity (Wildman–Crippen MR) is 72.4 cm³/mol. The minimum absolute atomic E-state index is 0.512. The van der Waals surface area contributed by atoms with Crippen LogP contribution in [0, 0.1) is 15.9 Å². The van der Waals surface area contributed by atoms with Crippen molar-refractivity contribution in [1.82, 2.24) is 0 Å². The zero-order valence-electron chi connectivity index (χ0n) is 9.02. The molecule has 1 aromatic carbocycles. The van der Waals surface area contributed by atoms with Crippen LogP contribution in [0.4, 0.5) is 15.8 Å². The molecule has 0 bridgehead atoms. The Morgan fingerprint density at radius 2 is 2.22 bits per heavy atom. The first-order chi connectivity index (χ1) is 8.58. The zero-order chi connectivity index (χ0) is 13.1. The number of nitrogens with zero attached hydrogens (tertiary/aromatic N) is 1. The van der Waals surface area contributed by atoms with E-state index in [4.69, 9.17) is 0 Å². The second-order valence-electron chi connectivity index (χ2n) is 3.47. The van der Waals surface area contributed by atoms with E-state index in [0.29, 0.717) is 12.2 Å². The fraction of sp³-hybridized carbons (Fsp3) is 0.0909. The van der Waals surface area contributed by atoms with Gasteiger partial charge in [-0.3, -0.25) is 10.1 Å². The van der Waals surface area contributed by atoms with Crippen molar-refractivity contribution in [2.45, 2.75) is 6.54 Å². The van der Waals surface area contributed by atoms with Gasteiger partial charge in [0.05, 0.1) is 11.5 Å². The van der Waals surface area contributed by atoms with Crippen molar-refractivity contribution >= 4 is 38.6 Å². The number of nitro benzene ring substituents is 1. The first-order valence-electron chi connectivity index (χ1n) is 4.97. The van der Waals surface area contributed by atoms with Crippen molar-refractivity contribution in [2.75, 3.05) is 5.32 Å². The van der Waals surface area contributed by atoms with Gasteiger partial charge in [0.25, 0.3) is 0 Å². The van der Waals surface area contributed by atoms with Gasteiger partial charge >= 0.3 is 5.69 Å². The maximum Gasteiger partial charge on any atom is 0.304 e. The van der Waals surface area contributed by atoms with Crippen LogP contribution < -0.4 is 5.32 Å². The lowest BCUT2D eigenvalue weighted by Gasteiger charge is -2.05. The Labute approximate surface area is 115 Å². The molecule has 0 spiro atoms. The molecule has 1 aromatic heterocycles. The minimum Gasteiger partial charge on any atom is -0.380 e. The first kappa shape index (κ1) is 13.0. The molecule has 1 heterocycles. The summed E-state index contributed by atoms with van der Waals surface area (Å²) < 4.78 is 14.3. The van der Waals surface area contributed by atoms with Crippen LogP contribution in [0.3, 0.4) is 0 Å². The van der Waals surface area contributed by atoms with Crippen LogP contribution in [0.25, 0.3) is 0 Å². The molecule has 94 valence electrons. The van der Waals surface area contributed by atoms with Gasteiger partial charge in [-0.1, -0.05) is 0 Å². The van der Waals surface area contributed by atoms with Crippen LogP contribution in [0.1, 0.15) is 4.88 Å². The number of nitrogens with one attached hydrogen (secondary N) is 1. The van der Waals surface area contributed by atoms with Gasteiger partial charge < -0.3 is 5.32 Å². The van der Waals surface area contributed by atoms with Gasteiger partial charge in [-0.05, 0) is 33.4 Å². The highest BCUT2D eigenvalue weighted by atomic mass is 79.9. The lowest BCUT2D eigenvalue weighted by Crippen LogP contribution is -1.99. The van der Waals surface area contributed by atoms with Crippen LogP contribution in [0.2, 0.25) is 0 Å². The highest BCUT2D eigenvalue weighted by Crippen LogP contribution is 2.25. The van der Waals surface area contributed by atoms with E-state index in [2.05, 4.69) is 21.2 Å². The van der Waals surface area contributed by atoms with Crippen LogP contribution in [-0.2, 0) is 6.54 Å². The van der Waals surface area contributed by atoms with Crippen LogP contribution in [0.5, 0.6) is 0 Å². The molecule has 0 atom stereocenters. The van der Waals surface area contributed by atoms with E-state index in [1.54, 1.807) is 11.3 Å². The molecule has 0 radical (unpaired) electrons. The van der Waals surface area contributed by atoms with Gasteiger partial charge in [-0.15, -0.1) is 11.3 Å². The SMILES string of the molecule is O=[N+]([O-])c1ccc(NCc2sccc2Br)cc1F. The van der Waals surface area contributed by atoms with Gasteiger partial charge in [0, 0.05) is 27.2 Å². The quantitative estimate of drug-likeness (QED) is 0.676. The molecule has 0 fully saturated rings. The van der Waals surface area contributed by atoms with E-state index in [0.717, 1.165) is 21.5 Å². The summed E-state index contributed by atoms with van der Waals surface area (Å²) in [6.07, 6.45) is 0. The standard InChI is InChI=1S/C11H8BrFN2O2S/c12-8-3-4-18-11(8)6-14-7-1-2-10(15(16)17)9(13)5-7/h1-5,14H,6H2. The van der Waals surface area contributed by atoms with Crippen molar-refractivity contribution in [3.8, 4) is 0 Å². The lowest BCUT2D eigenvalue weighted by molar-refractivity contribution is -0.387. The molecular formula is C11H8BrFN2O2S. The maximum atomic E-state index is 13.4. The fourth-order valence-corrected chi connectivity index (χ4v) is 2.83. The molecule has 0 saturated carbocycles. The summed E-state index contributed by atoms with van der Waals surface area (Å²) in [7, 11) is 0. The Morgan fingerprint density at radius 1 is 1.44 bits per heavy atom. The van der Waals surface area contributed by atoms with E-state index in [1.165, 1.54) is 6.07 Å². The van der Waals surface area contributed by atoms with E-state index >= 15 is 0 Å². The molecule has 0 aliphatic heterocycles. The van der Waals surface area contributed by atoms with Gasteiger partial charge in [-0.2, -0.15) is 4.39 Å². The van der Waals surface area contributed by atoms with Crippen molar-refractivity contribution in [2.24, 2.45) is 0 Å². The maximum absolute atomic E-state index is 13.4. The van der Waals surface area contributed by atoms with Crippen molar-refractivity contribution in [1.29, 1.82) is 0 Å². The number of rotatable bonds is 4. The number of anilines is 1. The molecule has 4 nitrogen and oxygen atoms in total. The Kier molecular flexibility index (Phi) is 3.93. The molecule has 18 heavy (non-hydrogen) atoms. The molecule has 0 unspecified atom stereocenters. The summed E-state index contributed by atoms with van der Waals surface area (Å²) in [6.45, 7) is 0.537. The van der Waals surface area contributed by atoms with E-state index < -0.39 is 16.4 Å². The largest absolute Gasteiger partial charge is 0.380 e. The second-order valence-corrected chi connectivity index (χ2v) is 5.32. The van der Waals surface area contributed by atoms with Crippen molar-refractivity contribution in [3.63, 3.8) is 0 Å². The van der Waals surface area contributed by atoms with Crippen LogP contribution >= 0.6 is 27.3 Å². The molecule has 0 aliphatic rings. The summed E-state index contributed by atoms with van der Waals surface area (Å²) in [6, 6.07) is 5.70. The molecule has 0 amide bonds. The van der Waals surface area contributed by atoms with Crippen LogP contribution in [-0.4, -0.2) is 4.92 Å². The number of hydrogen-bond acceptors (Lipinski definition) is 4. The van der Waals surface area contributed by atoms with Gasteiger partial charge in [0.2, 0.25) is 5.82 Å². The molecule has 1 N–H and O–H groups in total. The number of thiophene rings is 1. The summed E-state index contributed by atoms with van der Waals surface area (Å²) in [4.78, 5) is 10.8. The predicted octanol–water partition coefficient (Wildman–Crippen LogP) is 4.17. The highest BCUT2D eigenvalue weighted by Gasteiger charge is 2.13. The van der Waals surface area contributed by atoms with Crippen molar-refractivity contribution < 1.29 is 9.31 Å². The van der Waals surface area contributed by atoms with E-state index in [1.807, 2.05) is 11.4 Å². The average molecular weight is 331 g/mol. The van der Waals surface area contributed by atoms with Gasteiger partial charge in [0.1, 0.15) is 0 Å². The lowest BCUT2D eigenvalue weighted by atomic mass is 10.2. The normalized spacial score (nSPS) is 10.3. The minimum atomic E-state index is -0.838. The Morgan fingerprint density at radius 3 is 2.78 bits per heavy atom. The summed E-state index contributed by atoms with van der Waals surface area (Å²) in [5.74, 6) is -0.838. The number of nitro groups is 1. The van der Waals surface area contributed by atoms with E-state index in [-0.39, 0.29) is 0 Å². The molecular weight excluding hydrogens is 323 g/mol. The summed E-state index contributed by atoms with van der Waals surface area (Å²) in [5, 5.41) is 15.4. The van der Waals surface area contributed by atoms with Crippen LogP contribution in [0.15, 0.2) is 34.1 Å². The molecule has 2 aromatic rings. The number of hydrogen-bond donors (Lipinski definition) is 1. The number of benzene rings is 1. The van der Waals surface area contributed by atoms with Crippen molar-refractivity contribution in [3.05, 3.63) is 54.9 Å². The summed E-state index contributed by atoms with van der Waals surface area (Å²) in [5.41, 5.74) is -0.00347. The van der Waals surface area contributed by atoms with Gasteiger partial charge in [-0.25, -0.2) is 0 Å². The van der Waals surface area contributed by atoms with Gasteiger partial charge in [0.15, 0.2) is 0 Å². The zero-order valence-corrected chi connectivity index (χ0v) is 11.4. The topological polar surface area (TPSA) is 55.2 Å². The number of halogens is 2. The average Bonchev–Trinajstić information content (AvgIpc) is 2.72. The molecule has 0 aliphatic carbocycles. The first-order valence-corrected chi connectivity index (χ1v) is 6.65. The molecule has 0 saturated heterocycles. The molecule has 7 heteroatoms. The Bertz CT molecular complexity index is 588. The van der Waals surface area contributed by atoms with E-state index in [9.17, 15) is 14.5 Å². The Balaban J connectivity index is 2.09. The third-order valence-corrected chi connectivity index (χ3v) is 4.21.